The molecule has 0 aliphatic rings. The van der Waals surface area contributed by atoms with Crippen molar-refractivity contribution in [3.05, 3.63) is 60.7 Å². The third kappa shape index (κ3) is 3.09. The maximum absolute atomic E-state index is 11.5. The van der Waals surface area contributed by atoms with Crippen LogP contribution in [0.25, 0.3) is 0 Å². The van der Waals surface area contributed by atoms with Crippen LogP contribution in [0, 0.1) is 0 Å². The highest BCUT2D eigenvalue weighted by Crippen LogP contribution is 2.18. The van der Waals surface area contributed by atoms with Gasteiger partial charge in [0.25, 0.3) is 0 Å². The Hall–Kier alpha value is -1.83. The van der Waals surface area contributed by atoms with Gasteiger partial charge in [0.2, 0.25) is 0 Å². The summed E-state index contributed by atoms with van der Waals surface area (Å²) in [6.07, 6.45) is 5.15. The largest absolute Gasteiger partial charge is 0.468 e. The van der Waals surface area contributed by atoms with Crippen LogP contribution in [0.1, 0.15) is 11.5 Å². The molecule has 0 aliphatic heterocycles. The summed E-state index contributed by atoms with van der Waals surface area (Å²) >= 11 is 0. The van der Waals surface area contributed by atoms with Crippen molar-refractivity contribution in [2.75, 3.05) is 7.11 Å². The molecule has 2 heteroatoms. The molecule has 1 aromatic rings. The van der Waals surface area contributed by atoms with E-state index >= 15 is 0 Å². The molecule has 0 heterocycles. The highest BCUT2D eigenvalue weighted by Gasteiger charge is 2.17. The Morgan fingerprint density at radius 1 is 1.40 bits per heavy atom. The van der Waals surface area contributed by atoms with E-state index in [-0.39, 0.29) is 11.9 Å². The van der Waals surface area contributed by atoms with Gasteiger partial charge < -0.3 is 4.74 Å². The molecule has 0 aromatic heterocycles. The number of esters is 1. The predicted molar refractivity (Wildman–Crippen MR) is 60.5 cm³/mol. The number of benzene rings is 1. The van der Waals surface area contributed by atoms with Crippen molar-refractivity contribution < 1.29 is 9.53 Å². The Kier molecular flexibility index (Phi) is 4.35. The number of carbonyl (C=O) groups excluding carboxylic acids is 1. The fraction of sp³-hybridized carbons (Fsp3) is 0.154. The number of hydrogen-bond acceptors (Lipinski definition) is 2. The lowest BCUT2D eigenvalue weighted by Crippen LogP contribution is -2.11. The summed E-state index contributed by atoms with van der Waals surface area (Å²) in [7, 11) is 1.39. The van der Waals surface area contributed by atoms with E-state index in [1.807, 2.05) is 30.3 Å². The molecule has 0 amide bonds. The molecule has 1 atom stereocenters. The quantitative estimate of drug-likeness (QED) is 0.554. The molecule has 78 valence electrons. The van der Waals surface area contributed by atoms with Gasteiger partial charge in [-0.2, -0.15) is 0 Å². The van der Waals surface area contributed by atoms with E-state index in [0.717, 1.165) is 5.56 Å². The zero-order valence-corrected chi connectivity index (χ0v) is 8.72. The van der Waals surface area contributed by atoms with Crippen LogP contribution in [-0.4, -0.2) is 13.1 Å². The molecule has 1 unspecified atom stereocenters. The lowest BCUT2D eigenvalue weighted by molar-refractivity contribution is -0.141. The van der Waals surface area contributed by atoms with Crippen LogP contribution in [0.4, 0.5) is 0 Å². The van der Waals surface area contributed by atoms with Gasteiger partial charge in [-0.05, 0) is 5.56 Å². The Bertz CT molecular complexity index is 352. The Balaban J connectivity index is 2.96. The summed E-state index contributed by atoms with van der Waals surface area (Å²) in [6, 6.07) is 9.50. The van der Waals surface area contributed by atoms with E-state index in [1.54, 1.807) is 18.2 Å². The van der Waals surface area contributed by atoms with Crippen molar-refractivity contribution in [1.82, 2.24) is 0 Å². The molecule has 0 aliphatic carbocycles. The van der Waals surface area contributed by atoms with Crippen LogP contribution in [0.5, 0.6) is 0 Å². The van der Waals surface area contributed by atoms with Crippen LogP contribution in [0.3, 0.4) is 0 Å². The number of rotatable bonds is 4. The molecule has 0 radical (unpaired) electrons. The van der Waals surface area contributed by atoms with Crippen molar-refractivity contribution >= 4 is 5.97 Å². The topological polar surface area (TPSA) is 26.3 Å². The van der Waals surface area contributed by atoms with Crippen molar-refractivity contribution in [3.8, 4) is 0 Å². The van der Waals surface area contributed by atoms with Crippen molar-refractivity contribution in [3.63, 3.8) is 0 Å². The average molecular weight is 202 g/mol. The highest BCUT2D eigenvalue weighted by molar-refractivity contribution is 5.80. The third-order valence-corrected chi connectivity index (χ3v) is 2.05. The Morgan fingerprint density at radius 2 is 2.07 bits per heavy atom. The van der Waals surface area contributed by atoms with E-state index in [9.17, 15) is 4.79 Å². The minimum Gasteiger partial charge on any atom is -0.468 e. The molecule has 0 fully saturated rings. The van der Waals surface area contributed by atoms with Gasteiger partial charge in [0.15, 0.2) is 0 Å². The summed E-state index contributed by atoms with van der Waals surface area (Å²) in [5.41, 5.74) is 0.919. The molecule has 1 rings (SSSR count). The second-order valence-electron chi connectivity index (χ2n) is 3.03. The van der Waals surface area contributed by atoms with Gasteiger partial charge in [-0.25, -0.2) is 0 Å². The van der Waals surface area contributed by atoms with E-state index in [4.69, 9.17) is 4.74 Å². The van der Waals surface area contributed by atoms with Crippen molar-refractivity contribution in [2.45, 2.75) is 5.92 Å². The minimum atomic E-state index is -0.353. The summed E-state index contributed by atoms with van der Waals surface area (Å²) in [4.78, 5) is 11.5. The van der Waals surface area contributed by atoms with Crippen LogP contribution in [0.15, 0.2) is 55.1 Å². The number of ether oxygens (including phenoxy) is 1. The Morgan fingerprint density at radius 3 is 2.60 bits per heavy atom. The number of carbonyl (C=O) groups is 1. The molecule has 0 N–H and O–H groups in total. The maximum Gasteiger partial charge on any atom is 0.317 e. The fourth-order valence-corrected chi connectivity index (χ4v) is 1.30. The molecule has 0 spiro atoms. The smallest absolute Gasteiger partial charge is 0.317 e. The monoisotopic (exact) mass is 202 g/mol. The van der Waals surface area contributed by atoms with Crippen LogP contribution < -0.4 is 0 Å². The van der Waals surface area contributed by atoms with E-state index in [2.05, 4.69) is 6.58 Å². The lowest BCUT2D eigenvalue weighted by atomic mass is 9.99. The van der Waals surface area contributed by atoms with Gasteiger partial charge in [-0.1, -0.05) is 55.1 Å². The number of allylic oxidation sites excluding steroid dienone is 2. The van der Waals surface area contributed by atoms with Crippen LogP contribution in [0.2, 0.25) is 0 Å². The van der Waals surface area contributed by atoms with Crippen molar-refractivity contribution in [1.29, 1.82) is 0 Å². The SMILES string of the molecule is C=CC=CC(C(=O)OC)c1ccccc1. The highest BCUT2D eigenvalue weighted by atomic mass is 16.5. The van der Waals surface area contributed by atoms with Gasteiger partial charge in [0.1, 0.15) is 5.92 Å². The Labute approximate surface area is 89.9 Å². The van der Waals surface area contributed by atoms with Crippen molar-refractivity contribution in [2.24, 2.45) is 0 Å². The summed E-state index contributed by atoms with van der Waals surface area (Å²) in [5.74, 6) is -0.617. The first-order valence-corrected chi connectivity index (χ1v) is 4.71. The first kappa shape index (κ1) is 11.2. The van der Waals surface area contributed by atoms with E-state index in [0.29, 0.717) is 0 Å². The second kappa shape index (κ2) is 5.81. The lowest BCUT2D eigenvalue weighted by Gasteiger charge is -2.10. The molecule has 0 saturated carbocycles. The first-order chi connectivity index (χ1) is 7.29. The molecule has 15 heavy (non-hydrogen) atoms. The number of methoxy groups -OCH3 is 1. The minimum absolute atomic E-state index is 0.265. The zero-order chi connectivity index (χ0) is 11.1. The summed E-state index contributed by atoms with van der Waals surface area (Å²) < 4.78 is 4.74. The molecular weight excluding hydrogens is 188 g/mol. The predicted octanol–water partition coefficient (Wildman–Crippen LogP) is 2.69. The zero-order valence-electron chi connectivity index (χ0n) is 8.72. The van der Waals surface area contributed by atoms with Gasteiger partial charge in [-0.15, -0.1) is 0 Å². The second-order valence-corrected chi connectivity index (χ2v) is 3.03. The van der Waals surface area contributed by atoms with Crippen LogP contribution in [-0.2, 0) is 9.53 Å². The standard InChI is InChI=1S/C13H14O2/c1-3-4-10-12(13(14)15-2)11-8-6-5-7-9-11/h3-10,12H,1H2,2H3. The molecular formula is C13H14O2. The van der Waals surface area contributed by atoms with Gasteiger partial charge in [0.05, 0.1) is 7.11 Å². The molecule has 2 nitrogen and oxygen atoms in total. The van der Waals surface area contributed by atoms with Gasteiger partial charge in [0, 0.05) is 0 Å². The van der Waals surface area contributed by atoms with E-state index < -0.39 is 0 Å². The van der Waals surface area contributed by atoms with E-state index in [1.165, 1.54) is 7.11 Å². The molecule has 1 aromatic carbocycles. The van der Waals surface area contributed by atoms with Crippen LogP contribution >= 0.6 is 0 Å². The fourth-order valence-electron chi connectivity index (χ4n) is 1.30. The normalized spacial score (nSPS) is 12.3. The first-order valence-electron chi connectivity index (χ1n) is 4.71. The molecule has 0 saturated heterocycles. The van der Waals surface area contributed by atoms with Gasteiger partial charge >= 0.3 is 5.97 Å². The summed E-state index contributed by atoms with van der Waals surface area (Å²) in [6.45, 7) is 3.57. The maximum atomic E-state index is 11.5. The number of hydrogen-bond donors (Lipinski definition) is 0. The molecule has 0 bridgehead atoms. The third-order valence-electron chi connectivity index (χ3n) is 2.05. The summed E-state index contributed by atoms with van der Waals surface area (Å²) in [5, 5.41) is 0. The average Bonchev–Trinajstić information content (AvgIpc) is 2.30. The van der Waals surface area contributed by atoms with Gasteiger partial charge in [-0.3, -0.25) is 4.79 Å².